The van der Waals surface area contributed by atoms with Gasteiger partial charge in [-0.3, -0.25) is 0 Å². The van der Waals surface area contributed by atoms with E-state index in [4.69, 9.17) is 5.26 Å². The summed E-state index contributed by atoms with van der Waals surface area (Å²) in [5, 5.41) is 11.9. The van der Waals surface area contributed by atoms with Gasteiger partial charge in [-0.15, -0.1) is 0 Å². The van der Waals surface area contributed by atoms with Crippen molar-refractivity contribution in [1.82, 2.24) is 4.31 Å². The predicted molar refractivity (Wildman–Crippen MR) is 74.8 cm³/mol. The van der Waals surface area contributed by atoms with Crippen molar-refractivity contribution in [3.63, 3.8) is 0 Å². The highest BCUT2D eigenvalue weighted by Crippen LogP contribution is 2.20. The van der Waals surface area contributed by atoms with Gasteiger partial charge in [0.05, 0.1) is 17.0 Å². The molecule has 0 aromatic heterocycles. The third kappa shape index (κ3) is 3.98. The van der Waals surface area contributed by atoms with Crippen molar-refractivity contribution in [2.45, 2.75) is 0 Å². The monoisotopic (exact) mass is 331 g/mol. The Morgan fingerprint density at radius 3 is 2.67 bits per heavy atom. The van der Waals surface area contributed by atoms with Gasteiger partial charge in [0, 0.05) is 25.1 Å². The summed E-state index contributed by atoms with van der Waals surface area (Å²) in [4.78, 5) is 0. The van der Waals surface area contributed by atoms with Crippen LogP contribution in [0.5, 0.6) is 0 Å². The Morgan fingerprint density at radius 1 is 1.44 bits per heavy atom. The minimum Gasteiger partial charge on any atom is -0.383 e. The van der Waals surface area contributed by atoms with E-state index in [1.165, 1.54) is 18.4 Å². The van der Waals surface area contributed by atoms with Gasteiger partial charge in [0.25, 0.3) is 0 Å². The van der Waals surface area contributed by atoms with Crippen LogP contribution < -0.4 is 5.32 Å². The van der Waals surface area contributed by atoms with Gasteiger partial charge < -0.3 is 5.32 Å². The molecule has 0 fully saturated rings. The second kappa shape index (κ2) is 6.18. The molecule has 98 valence electrons. The van der Waals surface area contributed by atoms with Crippen molar-refractivity contribution >= 4 is 31.6 Å². The minimum absolute atomic E-state index is 0.0130. The smallest absolute Gasteiger partial charge is 0.215 e. The van der Waals surface area contributed by atoms with Crippen LogP contribution in [0.3, 0.4) is 0 Å². The van der Waals surface area contributed by atoms with Crippen molar-refractivity contribution in [2.24, 2.45) is 0 Å². The summed E-state index contributed by atoms with van der Waals surface area (Å²) in [6, 6.07) is 7.27. The Hall–Kier alpha value is -1.10. The van der Waals surface area contributed by atoms with Crippen LogP contribution in [-0.2, 0) is 10.0 Å². The van der Waals surface area contributed by atoms with E-state index in [2.05, 4.69) is 27.3 Å². The van der Waals surface area contributed by atoms with E-state index in [-0.39, 0.29) is 12.3 Å². The molecule has 0 atom stereocenters. The van der Waals surface area contributed by atoms with E-state index in [0.717, 1.165) is 4.47 Å². The Morgan fingerprint density at radius 2 is 2.11 bits per heavy atom. The average Bonchev–Trinajstić information content (AvgIpc) is 2.30. The highest BCUT2D eigenvalue weighted by molar-refractivity contribution is 9.10. The number of anilines is 1. The van der Waals surface area contributed by atoms with Gasteiger partial charge in [0.15, 0.2) is 0 Å². The van der Waals surface area contributed by atoms with Crippen molar-refractivity contribution in [3.05, 3.63) is 28.2 Å². The number of rotatable bonds is 5. The number of nitrogens with one attached hydrogen (secondary N) is 1. The minimum atomic E-state index is -3.22. The van der Waals surface area contributed by atoms with Gasteiger partial charge in [-0.25, -0.2) is 12.7 Å². The zero-order valence-corrected chi connectivity index (χ0v) is 12.5. The molecule has 1 aromatic rings. The van der Waals surface area contributed by atoms with Crippen molar-refractivity contribution in [3.8, 4) is 6.07 Å². The van der Waals surface area contributed by atoms with E-state index in [9.17, 15) is 8.42 Å². The third-order valence-electron chi connectivity index (χ3n) is 2.33. The predicted octanol–water partition coefficient (Wildman–Crippen LogP) is 1.62. The van der Waals surface area contributed by atoms with E-state index < -0.39 is 10.0 Å². The molecule has 0 amide bonds. The van der Waals surface area contributed by atoms with Gasteiger partial charge in [-0.2, -0.15) is 5.26 Å². The molecule has 0 aliphatic heterocycles. The molecule has 0 saturated heterocycles. The second-order valence-electron chi connectivity index (χ2n) is 3.83. The maximum absolute atomic E-state index is 11.5. The Balaban J connectivity index is 2.69. The number of hydrogen-bond donors (Lipinski definition) is 1. The first-order chi connectivity index (χ1) is 8.36. The summed E-state index contributed by atoms with van der Waals surface area (Å²) < 4.78 is 25.1. The van der Waals surface area contributed by atoms with Crippen molar-refractivity contribution in [1.29, 1.82) is 5.26 Å². The molecule has 1 rings (SSSR count). The number of sulfonamides is 1. The molecule has 18 heavy (non-hydrogen) atoms. The van der Waals surface area contributed by atoms with Crippen LogP contribution in [0, 0.1) is 11.3 Å². The van der Waals surface area contributed by atoms with Gasteiger partial charge in [-0.1, -0.05) is 15.9 Å². The number of hydrogen-bond acceptors (Lipinski definition) is 4. The first-order valence-corrected chi connectivity index (χ1v) is 7.61. The van der Waals surface area contributed by atoms with Crippen LogP contribution in [-0.4, -0.2) is 39.1 Å². The zero-order chi connectivity index (χ0) is 13.8. The SMILES string of the molecule is CN(C)S(=O)(=O)CCNc1ccc(Br)cc1C#N. The van der Waals surface area contributed by atoms with Crippen LogP contribution in [0.2, 0.25) is 0 Å². The van der Waals surface area contributed by atoms with Crippen LogP contribution in [0.1, 0.15) is 5.56 Å². The van der Waals surface area contributed by atoms with E-state index in [0.29, 0.717) is 11.3 Å². The molecule has 0 spiro atoms. The van der Waals surface area contributed by atoms with Crippen LogP contribution in [0.15, 0.2) is 22.7 Å². The fourth-order valence-electron chi connectivity index (χ4n) is 1.26. The lowest BCUT2D eigenvalue weighted by molar-refractivity contribution is 0.521. The first-order valence-electron chi connectivity index (χ1n) is 5.20. The Kier molecular flexibility index (Phi) is 5.14. The molecule has 5 nitrogen and oxygen atoms in total. The van der Waals surface area contributed by atoms with E-state index >= 15 is 0 Å². The topological polar surface area (TPSA) is 73.2 Å². The third-order valence-corrected chi connectivity index (χ3v) is 4.66. The summed E-state index contributed by atoms with van der Waals surface area (Å²) in [6.07, 6.45) is 0. The number of nitriles is 1. The number of nitrogens with zero attached hydrogens (tertiary/aromatic N) is 2. The lowest BCUT2D eigenvalue weighted by Crippen LogP contribution is -2.28. The van der Waals surface area contributed by atoms with E-state index in [1.807, 2.05) is 0 Å². The van der Waals surface area contributed by atoms with E-state index in [1.54, 1.807) is 18.2 Å². The summed E-state index contributed by atoms with van der Waals surface area (Å²) in [7, 11) is -0.226. The molecule has 0 aliphatic rings. The summed E-state index contributed by atoms with van der Waals surface area (Å²) >= 11 is 3.27. The first kappa shape index (κ1) is 15.0. The zero-order valence-electron chi connectivity index (χ0n) is 10.1. The molecular weight excluding hydrogens is 318 g/mol. The van der Waals surface area contributed by atoms with Crippen LogP contribution >= 0.6 is 15.9 Å². The molecule has 0 bridgehead atoms. The van der Waals surface area contributed by atoms with Crippen molar-refractivity contribution in [2.75, 3.05) is 31.7 Å². The molecule has 0 saturated carbocycles. The van der Waals surface area contributed by atoms with Crippen LogP contribution in [0.4, 0.5) is 5.69 Å². The lowest BCUT2D eigenvalue weighted by atomic mass is 10.2. The highest BCUT2D eigenvalue weighted by atomic mass is 79.9. The molecule has 7 heteroatoms. The fraction of sp³-hybridized carbons (Fsp3) is 0.364. The molecule has 0 aliphatic carbocycles. The molecule has 1 aromatic carbocycles. The van der Waals surface area contributed by atoms with Gasteiger partial charge in [0.1, 0.15) is 6.07 Å². The van der Waals surface area contributed by atoms with Crippen LogP contribution in [0.25, 0.3) is 0 Å². The molecule has 0 unspecified atom stereocenters. The normalized spacial score (nSPS) is 11.3. The number of halogens is 1. The second-order valence-corrected chi connectivity index (χ2v) is 7.04. The molecule has 0 radical (unpaired) electrons. The maximum atomic E-state index is 11.5. The lowest BCUT2D eigenvalue weighted by Gasteiger charge is -2.12. The quantitative estimate of drug-likeness (QED) is 0.889. The highest BCUT2D eigenvalue weighted by Gasteiger charge is 2.13. The summed E-state index contributed by atoms with van der Waals surface area (Å²) in [5.41, 5.74) is 1.11. The maximum Gasteiger partial charge on any atom is 0.215 e. The Bertz CT molecular complexity index is 564. The molecular formula is C11H14BrN3O2S. The summed E-state index contributed by atoms with van der Waals surface area (Å²) in [6.45, 7) is 0.261. The van der Waals surface area contributed by atoms with Gasteiger partial charge in [-0.05, 0) is 18.2 Å². The fourth-order valence-corrected chi connectivity index (χ4v) is 2.35. The van der Waals surface area contributed by atoms with Gasteiger partial charge >= 0.3 is 0 Å². The standard InChI is InChI=1S/C11H14BrN3O2S/c1-15(2)18(16,17)6-5-14-11-4-3-10(12)7-9(11)8-13/h3-4,7,14H,5-6H2,1-2H3. The average molecular weight is 332 g/mol. The Labute approximate surface area is 116 Å². The largest absolute Gasteiger partial charge is 0.383 e. The number of benzene rings is 1. The van der Waals surface area contributed by atoms with Gasteiger partial charge in [0.2, 0.25) is 10.0 Å². The summed E-state index contributed by atoms with van der Waals surface area (Å²) in [5.74, 6) is -0.0130. The van der Waals surface area contributed by atoms with Crippen molar-refractivity contribution < 1.29 is 8.42 Å². The molecule has 1 N–H and O–H groups in total. The molecule has 0 heterocycles.